The molecule has 0 bridgehead atoms. The molecule has 0 aliphatic carbocycles. The van der Waals surface area contributed by atoms with Gasteiger partial charge in [0.1, 0.15) is 11.5 Å². The standard InChI is InChI=1S/C23H28N2O6/c1-15-19(29-3)13-17(14-20(15)30-4)23(27)25-10-8-24(9-11-25)22(26)16-6-7-18(28-2)21(12-16)31-5/h6-7,12-14H,8-11H2,1-5H3. The Balaban J connectivity index is 1.69. The number of amides is 2. The van der Waals surface area contributed by atoms with Crippen LogP contribution in [0.2, 0.25) is 0 Å². The summed E-state index contributed by atoms with van der Waals surface area (Å²) in [6, 6.07) is 8.54. The van der Waals surface area contributed by atoms with Gasteiger partial charge in [0.2, 0.25) is 0 Å². The summed E-state index contributed by atoms with van der Waals surface area (Å²) in [7, 11) is 6.21. The summed E-state index contributed by atoms with van der Waals surface area (Å²) >= 11 is 0. The van der Waals surface area contributed by atoms with Gasteiger partial charge in [-0.25, -0.2) is 0 Å². The third kappa shape index (κ3) is 4.52. The smallest absolute Gasteiger partial charge is 0.254 e. The minimum Gasteiger partial charge on any atom is -0.496 e. The van der Waals surface area contributed by atoms with E-state index >= 15 is 0 Å². The van der Waals surface area contributed by atoms with Gasteiger partial charge in [-0.05, 0) is 37.3 Å². The molecule has 166 valence electrons. The first-order valence-electron chi connectivity index (χ1n) is 9.96. The van der Waals surface area contributed by atoms with Gasteiger partial charge in [0.05, 0.1) is 28.4 Å². The largest absolute Gasteiger partial charge is 0.496 e. The Morgan fingerprint density at radius 2 is 1.06 bits per heavy atom. The molecule has 0 N–H and O–H groups in total. The summed E-state index contributed by atoms with van der Waals surface area (Å²) < 4.78 is 21.3. The molecule has 1 aliphatic rings. The zero-order valence-electron chi connectivity index (χ0n) is 18.6. The van der Waals surface area contributed by atoms with Gasteiger partial charge in [-0.3, -0.25) is 9.59 Å². The molecule has 2 aromatic carbocycles. The van der Waals surface area contributed by atoms with E-state index in [0.29, 0.717) is 60.3 Å². The van der Waals surface area contributed by atoms with Crippen LogP contribution in [0, 0.1) is 6.92 Å². The Morgan fingerprint density at radius 3 is 1.52 bits per heavy atom. The lowest BCUT2D eigenvalue weighted by Crippen LogP contribution is -2.50. The highest BCUT2D eigenvalue weighted by molar-refractivity contribution is 5.97. The maximum absolute atomic E-state index is 13.0. The Labute approximate surface area is 182 Å². The number of carbonyl (C=O) groups is 2. The molecule has 8 heteroatoms. The predicted molar refractivity (Wildman–Crippen MR) is 116 cm³/mol. The van der Waals surface area contributed by atoms with Crippen LogP contribution in [0.4, 0.5) is 0 Å². The molecular formula is C23H28N2O6. The van der Waals surface area contributed by atoms with Crippen molar-refractivity contribution < 1.29 is 28.5 Å². The monoisotopic (exact) mass is 428 g/mol. The molecule has 0 radical (unpaired) electrons. The van der Waals surface area contributed by atoms with E-state index in [9.17, 15) is 9.59 Å². The molecule has 0 unspecified atom stereocenters. The Morgan fingerprint density at radius 1 is 0.645 bits per heavy atom. The van der Waals surface area contributed by atoms with E-state index in [1.807, 2.05) is 6.92 Å². The highest BCUT2D eigenvalue weighted by Gasteiger charge is 2.27. The highest BCUT2D eigenvalue weighted by Crippen LogP contribution is 2.31. The fourth-order valence-electron chi connectivity index (χ4n) is 3.66. The van der Waals surface area contributed by atoms with E-state index in [1.54, 1.807) is 61.5 Å². The molecule has 0 atom stereocenters. The van der Waals surface area contributed by atoms with Gasteiger partial charge in [0.15, 0.2) is 11.5 Å². The molecule has 0 saturated carbocycles. The van der Waals surface area contributed by atoms with Crippen molar-refractivity contribution in [2.45, 2.75) is 6.92 Å². The average Bonchev–Trinajstić information content (AvgIpc) is 2.82. The van der Waals surface area contributed by atoms with Crippen molar-refractivity contribution in [3.8, 4) is 23.0 Å². The van der Waals surface area contributed by atoms with Crippen molar-refractivity contribution in [2.75, 3.05) is 54.6 Å². The van der Waals surface area contributed by atoms with Gasteiger partial charge in [-0.15, -0.1) is 0 Å². The third-order valence-electron chi connectivity index (χ3n) is 5.48. The molecule has 2 amide bonds. The van der Waals surface area contributed by atoms with E-state index in [2.05, 4.69) is 0 Å². The predicted octanol–water partition coefficient (Wildman–Crippen LogP) is 2.63. The zero-order valence-corrected chi connectivity index (χ0v) is 18.6. The van der Waals surface area contributed by atoms with Crippen LogP contribution in [0.3, 0.4) is 0 Å². The number of methoxy groups -OCH3 is 4. The number of hydrogen-bond acceptors (Lipinski definition) is 6. The van der Waals surface area contributed by atoms with Gasteiger partial charge < -0.3 is 28.7 Å². The normalized spacial score (nSPS) is 13.6. The topological polar surface area (TPSA) is 77.5 Å². The number of ether oxygens (including phenoxy) is 4. The lowest BCUT2D eigenvalue weighted by atomic mass is 10.1. The van der Waals surface area contributed by atoms with Crippen molar-refractivity contribution in [2.24, 2.45) is 0 Å². The molecule has 1 fully saturated rings. The van der Waals surface area contributed by atoms with Crippen molar-refractivity contribution in [3.63, 3.8) is 0 Å². The summed E-state index contributed by atoms with van der Waals surface area (Å²) in [6.45, 7) is 3.65. The number of carbonyl (C=O) groups excluding carboxylic acids is 2. The van der Waals surface area contributed by atoms with E-state index < -0.39 is 0 Å². The molecule has 0 aromatic heterocycles. The van der Waals surface area contributed by atoms with Crippen LogP contribution in [0.1, 0.15) is 26.3 Å². The summed E-state index contributed by atoms with van der Waals surface area (Å²) in [5, 5.41) is 0. The van der Waals surface area contributed by atoms with Crippen molar-refractivity contribution in [1.29, 1.82) is 0 Å². The highest BCUT2D eigenvalue weighted by atomic mass is 16.5. The van der Waals surface area contributed by atoms with Gasteiger partial charge in [0.25, 0.3) is 11.8 Å². The Bertz CT molecular complexity index is 942. The number of benzene rings is 2. The van der Waals surface area contributed by atoms with Crippen molar-refractivity contribution >= 4 is 11.8 Å². The average molecular weight is 428 g/mol. The zero-order chi connectivity index (χ0) is 22.5. The second-order valence-corrected chi connectivity index (χ2v) is 7.16. The molecule has 0 spiro atoms. The summed E-state index contributed by atoms with van der Waals surface area (Å²) in [4.78, 5) is 29.4. The van der Waals surface area contributed by atoms with E-state index in [-0.39, 0.29) is 11.8 Å². The fraction of sp³-hybridized carbons (Fsp3) is 0.391. The van der Waals surface area contributed by atoms with Crippen LogP contribution in [0.5, 0.6) is 23.0 Å². The SMILES string of the molecule is COc1ccc(C(=O)N2CCN(C(=O)c3cc(OC)c(C)c(OC)c3)CC2)cc1OC. The summed E-state index contributed by atoms with van der Waals surface area (Å²) in [5.74, 6) is 2.05. The minimum atomic E-state index is -0.116. The molecule has 1 aliphatic heterocycles. The molecule has 3 rings (SSSR count). The fourth-order valence-corrected chi connectivity index (χ4v) is 3.66. The molecule has 1 saturated heterocycles. The van der Waals surface area contributed by atoms with Crippen LogP contribution in [-0.2, 0) is 0 Å². The van der Waals surface area contributed by atoms with Crippen LogP contribution < -0.4 is 18.9 Å². The number of hydrogen-bond donors (Lipinski definition) is 0. The second-order valence-electron chi connectivity index (χ2n) is 7.16. The first-order chi connectivity index (χ1) is 14.9. The first-order valence-corrected chi connectivity index (χ1v) is 9.96. The van der Waals surface area contributed by atoms with E-state index in [4.69, 9.17) is 18.9 Å². The van der Waals surface area contributed by atoms with Crippen molar-refractivity contribution in [3.05, 3.63) is 47.0 Å². The van der Waals surface area contributed by atoms with Gasteiger partial charge in [-0.2, -0.15) is 0 Å². The van der Waals surface area contributed by atoms with Gasteiger partial charge in [0, 0.05) is 42.9 Å². The maximum Gasteiger partial charge on any atom is 0.254 e. The first kappa shape index (κ1) is 22.3. The number of piperazine rings is 1. The molecular weight excluding hydrogens is 400 g/mol. The van der Waals surface area contributed by atoms with Crippen LogP contribution >= 0.6 is 0 Å². The molecule has 31 heavy (non-hydrogen) atoms. The Hall–Kier alpha value is -3.42. The van der Waals surface area contributed by atoms with Crippen LogP contribution in [0.15, 0.2) is 30.3 Å². The summed E-state index contributed by atoms with van der Waals surface area (Å²) in [5.41, 5.74) is 1.86. The van der Waals surface area contributed by atoms with Gasteiger partial charge >= 0.3 is 0 Å². The van der Waals surface area contributed by atoms with Crippen LogP contribution in [0.25, 0.3) is 0 Å². The van der Waals surface area contributed by atoms with E-state index in [1.165, 1.54) is 7.11 Å². The third-order valence-corrected chi connectivity index (χ3v) is 5.48. The number of nitrogens with zero attached hydrogens (tertiary/aromatic N) is 2. The quantitative estimate of drug-likeness (QED) is 0.704. The molecule has 2 aromatic rings. The van der Waals surface area contributed by atoms with Crippen molar-refractivity contribution in [1.82, 2.24) is 9.80 Å². The lowest BCUT2D eigenvalue weighted by Gasteiger charge is -2.35. The van der Waals surface area contributed by atoms with Gasteiger partial charge in [-0.1, -0.05) is 0 Å². The Kier molecular flexibility index (Phi) is 6.89. The number of rotatable bonds is 6. The molecule has 1 heterocycles. The maximum atomic E-state index is 13.0. The summed E-state index contributed by atoms with van der Waals surface area (Å²) in [6.07, 6.45) is 0. The minimum absolute atomic E-state index is 0.105. The van der Waals surface area contributed by atoms with Crippen LogP contribution in [-0.4, -0.2) is 76.2 Å². The van der Waals surface area contributed by atoms with E-state index in [0.717, 1.165) is 5.56 Å². The molecule has 8 nitrogen and oxygen atoms in total. The lowest BCUT2D eigenvalue weighted by molar-refractivity contribution is 0.0535. The second kappa shape index (κ2) is 9.59.